The highest BCUT2D eigenvalue weighted by atomic mass is 14.7. The van der Waals surface area contributed by atoms with Gasteiger partial charge in [0.1, 0.15) is 0 Å². The number of fused-ring (bicyclic) bond motifs is 5. The highest BCUT2D eigenvalue weighted by Gasteiger charge is 2.20. The van der Waals surface area contributed by atoms with Crippen molar-refractivity contribution in [2.45, 2.75) is 26.7 Å². The van der Waals surface area contributed by atoms with E-state index in [9.17, 15) is 0 Å². The minimum Gasteiger partial charge on any atom is -0.354 e. The van der Waals surface area contributed by atoms with Gasteiger partial charge in [0.25, 0.3) is 0 Å². The Hall–Kier alpha value is -2.02. The molecule has 0 aliphatic heterocycles. The molecule has 0 spiro atoms. The molecule has 0 unspecified atom stereocenters. The van der Waals surface area contributed by atoms with Gasteiger partial charge < -0.3 is 4.98 Å². The van der Waals surface area contributed by atoms with Gasteiger partial charge in [-0.25, -0.2) is 0 Å². The standard InChI is InChI=1S/C18H17N/c1-11-9-12(2)17-16(10-11)15-8-7-13-5-3-4-6-14(13)18(15)19-17/h3-6,9-10,19H,7-8H2,1-2H3. The predicted octanol–water partition coefficient (Wildman–Crippen LogP) is 4.55. The summed E-state index contributed by atoms with van der Waals surface area (Å²) in [5.74, 6) is 0. The summed E-state index contributed by atoms with van der Waals surface area (Å²) in [7, 11) is 0. The lowest BCUT2D eigenvalue weighted by atomic mass is 9.89. The third-order valence-electron chi connectivity index (χ3n) is 4.29. The summed E-state index contributed by atoms with van der Waals surface area (Å²) in [4.78, 5) is 3.67. The van der Waals surface area contributed by atoms with E-state index in [4.69, 9.17) is 0 Å². The fourth-order valence-electron chi connectivity index (χ4n) is 3.44. The van der Waals surface area contributed by atoms with Crippen LogP contribution in [0.4, 0.5) is 0 Å². The van der Waals surface area contributed by atoms with Gasteiger partial charge in [0.2, 0.25) is 0 Å². The average Bonchev–Trinajstić information content (AvgIpc) is 2.78. The highest BCUT2D eigenvalue weighted by molar-refractivity contribution is 5.94. The van der Waals surface area contributed by atoms with E-state index in [1.54, 1.807) is 0 Å². The molecule has 3 aromatic rings. The number of H-pyrrole nitrogens is 1. The first-order valence-electron chi connectivity index (χ1n) is 6.94. The van der Waals surface area contributed by atoms with E-state index >= 15 is 0 Å². The normalized spacial score (nSPS) is 13.4. The molecule has 19 heavy (non-hydrogen) atoms. The SMILES string of the molecule is Cc1cc(C)c2[nH]c3c(c2c1)CCc1ccccc1-3. The quantitative estimate of drug-likeness (QED) is 0.600. The first kappa shape index (κ1) is 10.9. The first-order chi connectivity index (χ1) is 9.24. The van der Waals surface area contributed by atoms with Gasteiger partial charge in [-0.05, 0) is 49.4 Å². The van der Waals surface area contributed by atoms with Gasteiger partial charge in [-0.15, -0.1) is 0 Å². The molecule has 2 aromatic carbocycles. The smallest absolute Gasteiger partial charge is 0.0500 e. The third-order valence-corrected chi connectivity index (χ3v) is 4.29. The Balaban J connectivity index is 2.11. The zero-order chi connectivity index (χ0) is 13.0. The molecular formula is C18H17N. The molecule has 4 rings (SSSR count). The number of aromatic nitrogens is 1. The van der Waals surface area contributed by atoms with Gasteiger partial charge in [0.05, 0.1) is 0 Å². The van der Waals surface area contributed by atoms with E-state index in [1.165, 1.54) is 44.4 Å². The van der Waals surface area contributed by atoms with Crippen molar-refractivity contribution in [2.75, 3.05) is 0 Å². The van der Waals surface area contributed by atoms with E-state index in [2.05, 4.69) is 55.2 Å². The van der Waals surface area contributed by atoms with E-state index in [-0.39, 0.29) is 0 Å². The number of nitrogens with one attached hydrogen (secondary N) is 1. The van der Waals surface area contributed by atoms with Gasteiger partial charge in [0.15, 0.2) is 0 Å². The first-order valence-corrected chi connectivity index (χ1v) is 6.94. The molecule has 1 heteroatoms. The number of hydrogen-bond donors (Lipinski definition) is 1. The van der Waals surface area contributed by atoms with Gasteiger partial charge in [-0.2, -0.15) is 0 Å². The van der Waals surface area contributed by atoms with Crippen molar-refractivity contribution in [3.05, 3.63) is 58.7 Å². The van der Waals surface area contributed by atoms with E-state index in [0.717, 1.165) is 12.8 Å². The van der Waals surface area contributed by atoms with E-state index < -0.39 is 0 Å². The Morgan fingerprint density at radius 3 is 2.74 bits per heavy atom. The van der Waals surface area contributed by atoms with Crippen molar-refractivity contribution in [2.24, 2.45) is 0 Å². The summed E-state index contributed by atoms with van der Waals surface area (Å²) in [6, 6.07) is 13.4. The third kappa shape index (κ3) is 1.48. The molecule has 0 saturated carbocycles. The highest BCUT2D eigenvalue weighted by Crippen LogP contribution is 2.38. The lowest BCUT2D eigenvalue weighted by molar-refractivity contribution is 0.947. The largest absolute Gasteiger partial charge is 0.354 e. The summed E-state index contributed by atoms with van der Waals surface area (Å²) in [6.45, 7) is 4.38. The average molecular weight is 247 g/mol. The fourth-order valence-corrected chi connectivity index (χ4v) is 3.44. The van der Waals surface area contributed by atoms with Crippen molar-refractivity contribution in [3.63, 3.8) is 0 Å². The Kier molecular flexibility index (Phi) is 2.14. The maximum absolute atomic E-state index is 3.67. The van der Waals surface area contributed by atoms with Crippen molar-refractivity contribution >= 4 is 10.9 Å². The van der Waals surface area contributed by atoms with Crippen molar-refractivity contribution in [1.82, 2.24) is 4.98 Å². The number of rotatable bonds is 0. The van der Waals surface area contributed by atoms with Crippen LogP contribution in [0.3, 0.4) is 0 Å². The van der Waals surface area contributed by atoms with Crippen LogP contribution in [0.25, 0.3) is 22.2 Å². The second kappa shape index (κ2) is 3.74. The molecule has 1 aliphatic carbocycles. The van der Waals surface area contributed by atoms with Crippen LogP contribution >= 0.6 is 0 Å². The summed E-state index contributed by atoms with van der Waals surface area (Å²) >= 11 is 0. The Morgan fingerprint density at radius 2 is 1.84 bits per heavy atom. The van der Waals surface area contributed by atoms with Crippen LogP contribution in [-0.2, 0) is 12.8 Å². The summed E-state index contributed by atoms with van der Waals surface area (Å²) in [6.07, 6.45) is 2.30. The molecule has 1 aliphatic rings. The number of benzene rings is 2. The van der Waals surface area contributed by atoms with Gasteiger partial charge in [0, 0.05) is 22.2 Å². The van der Waals surface area contributed by atoms with Crippen LogP contribution in [-0.4, -0.2) is 4.98 Å². The second-order valence-electron chi connectivity index (χ2n) is 5.64. The lowest BCUT2D eigenvalue weighted by Crippen LogP contribution is -2.02. The lowest BCUT2D eigenvalue weighted by Gasteiger charge is -2.16. The molecule has 94 valence electrons. The zero-order valence-electron chi connectivity index (χ0n) is 11.4. The predicted molar refractivity (Wildman–Crippen MR) is 80.6 cm³/mol. The van der Waals surface area contributed by atoms with Crippen LogP contribution in [0.5, 0.6) is 0 Å². The van der Waals surface area contributed by atoms with Crippen molar-refractivity contribution in [3.8, 4) is 11.3 Å². The Morgan fingerprint density at radius 1 is 1.00 bits per heavy atom. The van der Waals surface area contributed by atoms with Crippen LogP contribution in [0.15, 0.2) is 36.4 Å². The summed E-state index contributed by atoms with van der Waals surface area (Å²) in [5.41, 5.74) is 9.71. The van der Waals surface area contributed by atoms with Gasteiger partial charge >= 0.3 is 0 Å². The van der Waals surface area contributed by atoms with Crippen molar-refractivity contribution < 1.29 is 0 Å². The molecule has 0 atom stereocenters. The summed E-state index contributed by atoms with van der Waals surface area (Å²) < 4.78 is 0. The Bertz CT molecular complexity index is 793. The van der Waals surface area contributed by atoms with Gasteiger partial charge in [-0.1, -0.05) is 35.9 Å². The topological polar surface area (TPSA) is 15.8 Å². The number of aromatic amines is 1. The van der Waals surface area contributed by atoms with Crippen LogP contribution in [0.1, 0.15) is 22.3 Å². The minimum atomic E-state index is 1.15. The number of aryl methyl sites for hydroxylation is 4. The fraction of sp³-hybridized carbons (Fsp3) is 0.222. The van der Waals surface area contributed by atoms with Gasteiger partial charge in [-0.3, -0.25) is 0 Å². The molecule has 1 aromatic heterocycles. The molecule has 1 heterocycles. The second-order valence-corrected chi connectivity index (χ2v) is 5.64. The maximum atomic E-state index is 3.67. The molecule has 0 amide bonds. The Labute approximate surface area is 113 Å². The molecular weight excluding hydrogens is 230 g/mol. The monoisotopic (exact) mass is 247 g/mol. The van der Waals surface area contributed by atoms with Crippen LogP contribution in [0, 0.1) is 13.8 Å². The van der Waals surface area contributed by atoms with Crippen LogP contribution in [0.2, 0.25) is 0 Å². The maximum Gasteiger partial charge on any atom is 0.0500 e. The van der Waals surface area contributed by atoms with Crippen molar-refractivity contribution in [1.29, 1.82) is 0 Å². The minimum absolute atomic E-state index is 1.15. The molecule has 1 N–H and O–H groups in total. The van der Waals surface area contributed by atoms with E-state index in [1.807, 2.05) is 0 Å². The number of hydrogen-bond acceptors (Lipinski definition) is 0. The molecule has 0 saturated heterocycles. The molecule has 0 bridgehead atoms. The molecule has 0 fully saturated rings. The zero-order valence-corrected chi connectivity index (χ0v) is 11.4. The summed E-state index contributed by atoms with van der Waals surface area (Å²) in [5, 5.41) is 1.42. The molecule has 0 radical (unpaired) electrons. The van der Waals surface area contributed by atoms with E-state index in [0.29, 0.717) is 0 Å². The van der Waals surface area contributed by atoms with Crippen LogP contribution < -0.4 is 0 Å². The molecule has 1 nitrogen and oxygen atoms in total.